The summed E-state index contributed by atoms with van der Waals surface area (Å²) in [6.07, 6.45) is 1.28. The van der Waals surface area contributed by atoms with Crippen LogP contribution >= 0.6 is 0 Å². The van der Waals surface area contributed by atoms with Gasteiger partial charge in [0.2, 0.25) is 0 Å². The van der Waals surface area contributed by atoms with Crippen LogP contribution in [0, 0.1) is 11.8 Å². The van der Waals surface area contributed by atoms with Crippen LogP contribution in [0.2, 0.25) is 0 Å². The van der Waals surface area contributed by atoms with E-state index in [9.17, 15) is 15.0 Å². The van der Waals surface area contributed by atoms with E-state index in [-0.39, 0.29) is 18.3 Å². The first-order chi connectivity index (χ1) is 9.97. The lowest BCUT2D eigenvalue weighted by molar-refractivity contribution is -0.154. The second-order valence-corrected chi connectivity index (χ2v) is 5.93. The van der Waals surface area contributed by atoms with Crippen LogP contribution in [0.1, 0.15) is 39.0 Å². The standard InChI is InChI=1S/C15H28O6/c1-10-8-11(15(20-2)14(19)13(10)18)9-21-7-5-3-4-6-12(16)17/h10-11,13-15,18-19H,3-9H2,1-2H3,(H,16,17)/t10-,11?,13?,14-,15+/m0/s1. The van der Waals surface area contributed by atoms with Crippen LogP contribution in [0.25, 0.3) is 0 Å². The number of carboxylic acids is 1. The second kappa shape index (κ2) is 9.35. The summed E-state index contributed by atoms with van der Waals surface area (Å²) in [5, 5.41) is 28.4. The summed E-state index contributed by atoms with van der Waals surface area (Å²) < 4.78 is 10.9. The SMILES string of the molecule is CO[C@@H]1C(COCCCCCC(=O)O)C[C@H](C)C(O)[C@@H]1O. The molecule has 0 saturated heterocycles. The molecule has 1 rings (SSSR count). The van der Waals surface area contributed by atoms with E-state index in [2.05, 4.69) is 0 Å². The van der Waals surface area contributed by atoms with Gasteiger partial charge in [0.25, 0.3) is 0 Å². The van der Waals surface area contributed by atoms with Crippen molar-refractivity contribution in [3.8, 4) is 0 Å². The maximum absolute atomic E-state index is 10.4. The van der Waals surface area contributed by atoms with E-state index in [1.807, 2.05) is 6.92 Å². The number of carbonyl (C=O) groups is 1. The van der Waals surface area contributed by atoms with Gasteiger partial charge in [-0.25, -0.2) is 0 Å². The Kier molecular flexibility index (Phi) is 8.18. The average molecular weight is 304 g/mol. The van der Waals surface area contributed by atoms with Crippen LogP contribution < -0.4 is 0 Å². The fourth-order valence-electron chi connectivity index (χ4n) is 2.95. The summed E-state index contributed by atoms with van der Waals surface area (Å²) in [5.74, 6) is -0.666. The van der Waals surface area contributed by atoms with E-state index in [0.29, 0.717) is 19.6 Å². The molecule has 5 atom stereocenters. The third-order valence-corrected chi connectivity index (χ3v) is 4.19. The maximum Gasteiger partial charge on any atom is 0.303 e. The molecule has 0 aromatic carbocycles. The topological polar surface area (TPSA) is 96.2 Å². The second-order valence-electron chi connectivity index (χ2n) is 5.93. The number of aliphatic hydroxyl groups excluding tert-OH is 2. The highest BCUT2D eigenvalue weighted by Crippen LogP contribution is 2.31. The Morgan fingerprint density at radius 1 is 1.19 bits per heavy atom. The van der Waals surface area contributed by atoms with Crippen LogP contribution in [-0.2, 0) is 14.3 Å². The van der Waals surface area contributed by atoms with Crippen LogP contribution in [0.3, 0.4) is 0 Å². The van der Waals surface area contributed by atoms with Gasteiger partial charge in [-0.2, -0.15) is 0 Å². The summed E-state index contributed by atoms with van der Waals surface area (Å²) in [5.41, 5.74) is 0. The van der Waals surface area contributed by atoms with Gasteiger partial charge in [-0.05, 0) is 25.2 Å². The fraction of sp³-hybridized carbons (Fsp3) is 0.933. The van der Waals surface area contributed by atoms with E-state index in [0.717, 1.165) is 19.3 Å². The van der Waals surface area contributed by atoms with Gasteiger partial charge in [0.05, 0.1) is 18.8 Å². The minimum absolute atomic E-state index is 0.0237. The van der Waals surface area contributed by atoms with Crippen molar-refractivity contribution in [1.29, 1.82) is 0 Å². The van der Waals surface area contributed by atoms with Crippen molar-refractivity contribution in [2.24, 2.45) is 11.8 Å². The molecule has 0 amide bonds. The number of aliphatic hydroxyl groups is 2. The largest absolute Gasteiger partial charge is 0.481 e. The Morgan fingerprint density at radius 3 is 2.52 bits per heavy atom. The van der Waals surface area contributed by atoms with Crippen LogP contribution in [0.15, 0.2) is 0 Å². The third-order valence-electron chi connectivity index (χ3n) is 4.19. The van der Waals surface area contributed by atoms with Gasteiger partial charge in [-0.3, -0.25) is 4.79 Å². The first-order valence-corrected chi connectivity index (χ1v) is 7.65. The zero-order chi connectivity index (χ0) is 15.8. The highest BCUT2D eigenvalue weighted by molar-refractivity contribution is 5.66. The van der Waals surface area contributed by atoms with Crippen molar-refractivity contribution in [3.63, 3.8) is 0 Å². The molecule has 1 aliphatic carbocycles. The molecule has 0 aromatic heterocycles. The minimum atomic E-state index is -0.872. The Morgan fingerprint density at radius 2 is 1.90 bits per heavy atom. The molecule has 0 spiro atoms. The molecule has 0 bridgehead atoms. The molecule has 0 aliphatic heterocycles. The van der Waals surface area contributed by atoms with Crippen molar-refractivity contribution in [3.05, 3.63) is 0 Å². The van der Waals surface area contributed by atoms with Gasteiger partial charge in [0.1, 0.15) is 6.10 Å². The third kappa shape index (κ3) is 5.90. The molecule has 124 valence electrons. The van der Waals surface area contributed by atoms with Gasteiger partial charge in [0.15, 0.2) is 0 Å². The van der Waals surface area contributed by atoms with Crippen molar-refractivity contribution in [2.45, 2.75) is 57.3 Å². The predicted molar refractivity (Wildman–Crippen MR) is 77.0 cm³/mol. The quantitative estimate of drug-likeness (QED) is 0.551. The van der Waals surface area contributed by atoms with Crippen molar-refractivity contribution in [1.82, 2.24) is 0 Å². The molecule has 1 fully saturated rings. The molecule has 6 heteroatoms. The average Bonchev–Trinajstić information content (AvgIpc) is 2.43. The number of carboxylic acid groups (broad SMARTS) is 1. The van der Waals surface area contributed by atoms with Crippen molar-refractivity contribution < 1.29 is 29.6 Å². The highest BCUT2D eigenvalue weighted by Gasteiger charge is 2.41. The van der Waals surface area contributed by atoms with Crippen LogP contribution in [-0.4, -0.2) is 59.9 Å². The van der Waals surface area contributed by atoms with E-state index >= 15 is 0 Å². The molecule has 6 nitrogen and oxygen atoms in total. The lowest BCUT2D eigenvalue weighted by atomic mass is 9.77. The fourth-order valence-corrected chi connectivity index (χ4v) is 2.95. The molecule has 1 aliphatic rings. The normalized spacial score (nSPS) is 33.0. The number of unbranched alkanes of at least 4 members (excludes halogenated alkanes) is 2. The molecular weight excluding hydrogens is 276 g/mol. The smallest absolute Gasteiger partial charge is 0.303 e. The number of rotatable bonds is 9. The summed E-state index contributed by atoms with van der Waals surface area (Å²) in [6.45, 7) is 2.99. The van der Waals surface area contributed by atoms with E-state index in [1.165, 1.54) is 7.11 Å². The first kappa shape index (κ1) is 18.4. The van der Waals surface area contributed by atoms with Gasteiger partial charge in [-0.1, -0.05) is 13.3 Å². The van der Waals surface area contributed by atoms with E-state index in [1.54, 1.807) is 0 Å². The van der Waals surface area contributed by atoms with Crippen LogP contribution in [0.5, 0.6) is 0 Å². The molecule has 21 heavy (non-hydrogen) atoms. The van der Waals surface area contributed by atoms with Gasteiger partial charge in [-0.15, -0.1) is 0 Å². The van der Waals surface area contributed by atoms with Crippen LogP contribution in [0.4, 0.5) is 0 Å². The number of hydrogen-bond donors (Lipinski definition) is 3. The summed E-state index contributed by atoms with van der Waals surface area (Å²) in [7, 11) is 1.54. The Hall–Kier alpha value is -0.690. The molecule has 2 unspecified atom stereocenters. The number of aliphatic carboxylic acids is 1. The minimum Gasteiger partial charge on any atom is -0.481 e. The Bertz CT molecular complexity index is 309. The monoisotopic (exact) mass is 304 g/mol. The Labute approximate surface area is 126 Å². The van der Waals surface area contributed by atoms with Crippen molar-refractivity contribution in [2.75, 3.05) is 20.3 Å². The first-order valence-electron chi connectivity index (χ1n) is 7.65. The lowest BCUT2D eigenvalue weighted by Gasteiger charge is -2.40. The van der Waals surface area contributed by atoms with E-state index < -0.39 is 24.3 Å². The lowest BCUT2D eigenvalue weighted by Crippen LogP contribution is -2.52. The maximum atomic E-state index is 10.4. The van der Waals surface area contributed by atoms with Gasteiger partial charge in [0, 0.05) is 26.1 Å². The summed E-state index contributed by atoms with van der Waals surface area (Å²) in [6, 6.07) is 0. The van der Waals surface area contributed by atoms with Gasteiger partial charge >= 0.3 is 5.97 Å². The zero-order valence-corrected chi connectivity index (χ0v) is 12.9. The van der Waals surface area contributed by atoms with Crippen molar-refractivity contribution >= 4 is 5.97 Å². The molecule has 0 aromatic rings. The molecule has 0 radical (unpaired) electrons. The summed E-state index contributed by atoms with van der Waals surface area (Å²) >= 11 is 0. The molecular formula is C15H28O6. The highest BCUT2D eigenvalue weighted by atomic mass is 16.5. The van der Waals surface area contributed by atoms with E-state index in [4.69, 9.17) is 14.6 Å². The molecule has 3 N–H and O–H groups in total. The Balaban J connectivity index is 2.22. The predicted octanol–water partition coefficient (Wildman–Crippen LogP) is 1.04. The number of ether oxygens (including phenoxy) is 2. The number of methoxy groups -OCH3 is 1. The number of hydrogen-bond acceptors (Lipinski definition) is 5. The molecule has 0 heterocycles. The van der Waals surface area contributed by atoms with Gasteiger partial charge < -0.3 is 24.8 Å². The zero-order valence-electron chi connectivity index (χ0n) is 12.9. The summed E-state index contributed by atoms with van der Waals surface area (Å²) in [4.78, 5) is 10.4. The molecule has 1 saturated carbocycles.